The molecule has 21 heavy (non-hydrogen) atoms. The number of hydrogen-bond acceptors (Lipinski definition) is 7. The van der Waals surface area contributed by atoms with Gasteiger partial charge in [0.25, 0.3) is 0 Å². The molecule has 0 unspecified atom stereocenters. The smallest absolute Gasteiger partial charge is 0.134 e. The van der Waals surface area contributed by atoms with Crippen LogP contribution in [0.2, 0.25) is 0 Å². The Morgan fingerprint density at radius 1 is 1.24 bits per heavy atom. The number of fused-ring (bicyclic) bond motifs is 1. The van der Waals surface area contributed by atoms with E-state index in [0.717, 1.165) is 45.3 Å². The van der Waals surface area contributed by atoms with E-state index in [4.69, 9.17) is 0 Å². The standard InChI is InChI=1S/C14H15N5S2/c1-2-7-15-14-12(18-19-21-14)8-20-13-10-5-3-4-6-11(10)16-9-17-13/h3-6,9,15H,2,7-8H2,1H3. The Labute approximate surface area is 131 Å². The zero-order valence-electron chi connectivity index (χ0n) is 11.6. The number of nitrogens with one attached hydrogen (secondary N) is 1. The molecule has 0 bridgehead atoms. The first-order chi connectivity index (χ1) is 10.4. The summed E-state index contributed by atoms with van der Waals surface area (Å²) in [5.41, 5.74) is 1.96. The van der Waals surface area contributed by atoms with Gasteiger partial charge in [-0.2, -0.15) is 0 Å². The monoisotopic (exact) mass is 317 g/mol. The summed E-state index contributed by atoms with van der Waals surface area (Å²) in [6, 6.07) is 8.04. The van der Waals surface area contributed by atoms with Crippen molar-refractivity contribution < 1.29 is 0 Å². The molecule has 5 nitrogen and oxygen atoms in total. The quantitative estimate of drug-likeness (QED) is 0.553. The fraction of sp³-hybridized carbons (Fsp3) is 0.286. The molecule has 0 saturated heterocycles. The van der Waals surface area contributed by atoms with E-state index in [-0.39, 0.29) is 0 Å². The van der Waals surface area contributed by atoms with Crippen molar-refractivity contribution in [1.82, 2.24) is 19.6 Å². The first-order valence-electron chi connectivity index (χ1n) is 6.76. The number of hydrogen-bond donors (Lipinski definition) is 1. The molecule has 2 heterocycles. The molecule has 3 aromatic rings. The minimum absolute atomic E-state index is 0.754. The lowest BCUT2D eigenvalue weighted by Gasteiger charge is -2.05. The minimum atomic E-state index is 0.754. The third-order valence-electron chi connectivity index (χ3n) is 2.94. The zero-order chi connectivity index (χ0) is 14.5. The van der Waals surface area contributed by atoms with Crippen LogP contribution in [0.25, 0.3) is 10.9 Å². The van der Waals surface area contributed by atoms with Crippen LogP contribution in [-0.2, 0) is 5.75 Å². The molecule has 0 saturated carbocycles. The summed E-state index contributed by atoms with van der Waals surface area (Å²) in [6.07, 6.45) is 2.70. The van der Waals surface area contributed by atoms with Gasteiger partial charge in [-0.1, -0.05) is 41.4 Å². The minimum Gasteiger partial charge on any atom is -0.374 e. The van der Waals surface area contributed by atoms with Crippen molar-refractivity contribution in [3.63, 3.8) is 0 Å². The normalized spacial score (nSPS) is 10.9. The lowest BCUT2D eigenvalue weighted by atomic mass is 10.2. The highest BCUT2D eigenvalue weighted by Crippen LogP contribution is 2.29. The van der Waals surface area contributed by atoms with Gasteiger partial charge in [0.05, 0.1) is 5.52 Å². The van der Waals surface area contributed by atoms with Gasteiger partial charge in [0.1, 0.15) is 22.0 Å². The van der Waals surface area contributed by atoms with Gasteiger partial charge in [0.2, 0.25) is 0 Å². The van der Waals surface area contributed by atoms with E-state index in [0.29, 0.717) is 0 Å². The number of benzene rings is 1. The molecule has 0 atom stereocenters. The molecule has 0 fully saturated rings. The van der Waals surface area contributed by atoms with Crippen LogP contribution in [0.3, 0.4) is 0 Å². The van der Waals surface area contributed by atoms with Crippen LogP contribution >= 0.6 is 23.3 Å². The number of rotatable bonds is 6. The second-order valence-corrected chi connectivity index (χ2v) is 6.18. The number of anilines is 1. The van der Waals surface area contributed by atoms with Crippen LogP contribution in [0.1, 0.15) is 19.0 Å². The van der Waals surface area contributed by atoms with Crippen LogP contribution in [0.15, 0.2) is 35.6 Å². The highest BCUT2D eigenvalue weighted by molar-refractivity contribution is 7.98. The van der Waals surface area contributed by atoms with Crippen LogP contribution in [0.4, 0.5) is 5.00 Å². The number of nitrogens with zero attached hydrogens (tertiary/aromatic N) is 4. The van der Waals surface area contributed by atoms with Crippen molar-refractivity contribution in [3.8, 4) is 0 Å². The summed E-state index contributed by atoms with van der Waals surface area (Å²) in [6.45, 7) is 3.08. The van der Waals surface area contributed by atoms with Crippen molar-refractivity contribution in [2.45, 2.75) is 24.1 Å². The Bertz CT molecular complexity index is 723. The summed E-state index contributed by atoms with van der Waals surface area (Å²) in [5.74, 6) is 0.754. The third kappa shape index (κ3) is 3.30. The molecule has 7 heteroatoms. The van der Waals surface area contributed by atoms with E-state index >= 15 is 0 Å². The molecule has 0 aliphatic carbocycles. The Hall–Kier alpha value is -1.73. The van der Waals surface area contributed by atoms with E-state index in [2.05, 4.69) is 31.8 Å². The van der Waals surface area contributed by atoms with Crippen molar-refractivity contribution in [3.05, 3.63) is 36.3 Å². The molecule has 0 spiro atoms. The fourth-order valence-electron chi connectivity index (χ4n) is 1.91. The predicted octanol–water partition coefficient (Wildman–Crippen LogP) is 3.60. The summed E-state index contributed by atoms with van der Waals surface area (Å²) in [4.78, 5) is 8.67. The van der Waals surface area contributed by atoms with Crippen LogP contribution < -0.4 is 5.32 Å². The Balaban J connectivity index is 1.76. The molecular formula is C14H15N5S2. The first-order valence-corrected chi connectivity index (χ1v) is 8.52. The summed E-state index contributed by atoms with van der Waals surface area (Å²) < 4.78 is 4.03. The third-order valence-corrected chi connectivity index (χ3v) is 4.69. The molecular weight excluding hydrogens is 302 g/mol. The van der Waals surface area contributed by atoms with Crippen molar-refractivity contribution in [2.75, 3.05) is 11.9 Å². The van der Waals surface area contributed by atoms with E-state index < -0.39 is 0 Å². The van der Waals surface area contributed by atoms with Gasteiger partial charge in [-0.05, 0) is 12.5 Å². The Kier molecular flexibility index (Phi) is 4.62. The second kappa shape index (κ2) is 6.82. The molecule has 108 valence electrons. The summed E-state index contributed by atoms with van der Waals surface area (Å²) in [5, 5.41) is 10.7. The average molecular weight is 317 g/mol. The maximum Gasteiger partial charge on any atom is 0.134 e. The topological polar surface area (TPSA) is 63.6 Å². The molecule has 0 radical (unpaired) electrons. The zero-order valence-corrected chi connectivity index (χ0v) is 13.2. The van der Waals surface area contributed by atoms with Crippen molar-refractivity contribution in [1.29, 1.82) is 0 Å². The lowest BCUT2D eigenvalue weighted by Crippen LogP contribution is -2.00. The number of para-hydroxylation sites is 1. The molecule has 1 N–H and O–H groups in total. The molecule has 0 aliphatic heterocycles. The molecule has 2 aromatic heterocycles. The maximum atomic E-state index is 4.38. The second-order valence-electron chi connectivity index (χ2n) is 4.46. The lowest BCUT2D eigenvalue weighted by molar-refractivity contribution is 0.976. The maximum absolute atomic E-state index is 4.38. The van der Waals surface area contributed by atoms with Gasteiger partial charge < -0.3 is 5.32 Å². The van der Waals surface area contributed by atoms with E-state index in [1.807, 2.05) is 24.3 Å². The van der Waals surface area contributed by atoms with Gasteiger partial charge in [0, 0.05) is 29.2 Å². The van der Waals surface area contributed by atoms with E-state index in [1.54, 1.807) is 18.1 Å². The van der Waals surface area contributed by atoms with E-state index in [9.17, 15) is 0 Å². The Morgan fingerprint density at radius 2 is 2.14 bits per heavy atom. The number of thioether (sulfide) groups is 1. The summed E-state index contributed by atoms with van der Waals surface area (Å²) >= 11 is 3.08. The van der Waals surface area contributed by atoms with Gasteiger partial charge in [-0.3, -0.25) is 0 Å². The van der Waals surface area contributed by atoms with Crippen LogP contribution in [-0.4, -0.2) is 26.1 Å². The molecule has 1 aromatic carbocycles. The van der Waals surface area contributed by atoms with Gasteiger partial charge in [-0.25, -0.2) is 9.97 Å². The number of aromatic nitrogens is 4. The van der Waals surface area contributed by atoms with Crippen molar-refractivity contribution in [2.24, 2.45) is 0 Å². The van der Waals surface area contributed by atoms with Gasteiger partial charge in [0.15, 0.2) is 0 Å². The highest BCUT2D eigenvalue weighted by atomic mass is 32.2. The SMILES string of the molecule is CCCNc1snnc1CSc1ncnc2ccccc12. The largest absolute Gasteiger partial charge is 0.374 e. The average Bonchev–Trinajstić information content (AvgIpc) is 2.98. The molecule has 0 aliphatic rings. The van der Waals surface area contributed by atoms with Crippen LogP contribution in [0, 0.1) is 0 Å². The van der Waals surface area contributed by atoms with Gasteiger partial charge in [-0.15, -0.1) is 5.10 Å². The predicted molar refractivity (Wildman–Crippen MR) is 87.8 cm³/mol. The molecule has 3 rings (SSSR count). The molecule has 0 amide bonds. The van der Waals surface area contributed by atoms with Crippen LogP contribution in [0.5, 0.6) is 0 Å². The fourth-order valence-corrected chi connectivity index (χ4v) is 3.53. The highest BCUT2D eigenvalue weighted by Gasteiger charge is 2.10. The first kappa shape index (κ1) is 14.2. The van der Waals surface area contributed by atoms with Gasteiger partial charge >= 0.3 is 0 Å². The van der Waals surface area contributed by atoms with Crippen molar-refractivity contribution >= 4 is 39.2 Å². The summed E-state index contributed by atoms with van der Waals surface area (Å²) in [7, 11) is 0. The van der Waals surface area contributed by atoms with E-state index in [1.165, 1.54) is 11.5 Å². The Morgan fingerprint density at radius 3 is 3.05 bits per heavy atom.